The summed E-state index contributed by atoms with van der Waals surface area (Å²) in [6.07, 6.45) is 4.77. The first-order chi connectivity index (χ1) is 10.1. The van der Waals surface area contributed by atoms with Gasteiger partial charge < -0.3 is 10.6 Å². The molecule has 1 aromatic heterocycles. The van der Waals surface area contributed by atoms with Crippen molar-refractivity contribution in [3.63, 3.8) is 0 Å². The maximum absolute atomic E-state index is 4.73. The van der Waals surface area contributed by atoms with Crippen LogP contribution in [0.4, 0.5) is 11.6 Å². The number of nitrogens with one attached hydrogen (secondary N) is 2. The highest BCUT2D eigenvalue weighted by atomic mass is 15.1. The molecular weight excluding hydrogens is 260 g/mol. The molecule has 0 spiro atoms. The molecule has 2 rings (SSSR count). The van der Waals surface area contributed by atoms with E-state index in [9.17, 15) is 0 Å². The van der Waals surface area contributed by atoms with Crippen LogP contribution in [-0.2, 0) is 6.42 Å². The molecule has 1 fully saturated rings. The SMILES string of the molecule is CCNc1nc(CC)nc(NC2CCCC(C)C2C)c1C. The van der Waals surface area contributed by atoms with Crippen LogP contribution in [0.15, 0.2) is 0 Å². The summed E-state index contributed by atoms with van der Waals surface area (Å²) in [6, 6.07) is 0.529. The van der Waals surface area contributed by atoms with E-state index in [-0.39, 0.29) is 0 Å². The Bertz CT molecular complexity index is 472. The normalized spacial score (nSPS) is 25.7. The van der Waals surface area contributed by atoms with Crippen LogP contribution in [0, 0.1) is 18.8 Å². The Balaban J connectivity index is 2.23. The molecule has 0 aromatic carbocycles. The Hall–Kier alpha value is -1.32. The highest BCUT2D eigenvalue weighted by Gasteiger charge is 2.27. The lowest BCUT2D eigenvalue weighted by atomic mass is 9.78. The molecule has 21 heavy (non-hydrogen) atoms. The number of rotatable bonds is 5. The van der Waals surface area contributed by atoms with Gasteiger partial charge in [-0.2, -0.15) is 0 Å². The minimum atomic E-state index is 0.529. The maximum atomic E-state index is 4.73. The van der Waals surface area contributed by atoms with Crippen LogP contribution in [0.5, 0.6) is 0 Å². The van der Waals surface area contributed by atoms with Gasteiger partial charge in [0.15, 0.2) is 0 Å². The first-order valence-electron chi connectivity index (χ1n) is 8.44. The fourth-order valence-electron chi connectivity index (χ4n) is 3.16. The number of anilines is 2. The van der Waals surface area contributed by atoms with E-state index in [1.54, 1.807) is 0 Å². The molecule has 1 aliphatic carbocycles. The number of hydrogen-bond acceptors (Lipinski definition) is 4. The summed E-state index contributed by atoms with van der Waals surface area (Å²) < 4.78 is 0. The summed E-state index contributed by atoms with van der Waals surface area (Å²) in [4.78, 5) is 9.33. The highest BCUT2D eigenvalue weighted by Crippen LogP contribution is 2.32. The Kier molecular flexibility index (Phi) is 5.43. The lowest BCUT2D eigenvalue weighted by Crippen LogP contribution is -2.35. The van der Waals surface area contributed by atoms with Gasteiger partial charge in [-0.15, -0.1) is 0 Å². The van der Waals surface area contributed by atoms with Gasteiger partial charge in [-0.3, -0.25) is 0 Å². The molecule has 1 aromatic rings. The monoisotopic (exact) mass is 290 g/mol. The van der Waals surface area contributed by atoms with E-state index >= 15 is 0 Å². The fourth-order valence-corrected chi connectivity index (χ4v) is 3.16. The lowest BCUT2D eigenvalue weighted by Gasteiger charge is -2.35. The first-order valence-corrected chi connectivity index (χ1v) is 8.44. The van der Waals surface area contributed by atoms with E-state index in [0.29, 0.717) is 12.0 Å². The summed E-state index contributed by atoms with van der Waals surface area (Å²) in [5.41, 5.74) is 1.14. The van der Waals surface area contributed by atoms with Crippen molar-refractivity contribution >= 4 is 11.6 Å². The van der Waals surface area contributed by atoms with Crippen LogP contribution in [0.1, 0.15) is 58.3 Å². The van der Waals surface area contributed by atoms with Crippen LogP contribution in [0.3, 0.4) is 0 Å². The number of nitrogens with zero attached hydrogens (tertiary/aromatic N) is 2. The van der Waals surface area contributed by atoms with E-state index in [1.165, 1.54) is 19.3 Å². The van der Waals surface area contributed by atoms with E-state index in [1.807, 2.05) is 0 Å². The van der Waals surface area contributed by atoms with Crippen LogP contribution >= 0.6 is 0 Å². The predicted molar refractivity (Wildman–Crippen MR) is 89.9 cm³/mol. The Morgan fingerprint density at radius 2 is 1.81 bits per heavy atom. The molecule has 0 radical (unpaired) electrons. The summed E-state index contributed by atoms with van der Waals surface area (Å²) >= 11 is 0. The van der Waals surface area contributed by atoms with Gasteiger partial charge in [-0.1, -0.05) is 33.6 Å². The molecule has 4 heteroatoms. The second kappa shape index (κ2) is 7.10. The molecule has 4 nitrogen and oxygen atoms in total. The molecule has 1 heterocycles. The predicted octanol–water partition coefficient (Wildman–Crippen LogP) is 4.02. The van der Waals surface area contributed by atoms with Gasteiger partial charge >= 0.3 is 0 Å². The molecule has 2 N–H and O–H groups in total. The fraction of sp³-hybridized carbons (Fsp3) is 0.765. The minimum Gasteiger partial charge on any atom is -0.370 e. The van der Waals surface area contributed by atoms with Gasteiger partial charge in [0.2, 0.25) is 0 Å². The zero-order chi connectivity index (χ0) is 15.4. The molecule has 3 unspecified atom stereocenters. The zero-order valence-electron chi connectivity index (χ0n) is 14.2. The van der Waals surface area contributed by atoms with E-state index in [2.05, 4.69) is 50.2 Å². The van der Waals surface area contributed by atoms with Crippen molar-refractivity contribution < 1.29 is 0 Å². The van der Waals surface area contributed by atoms with Gasteiger partial charge in [0.05, 0.1) is 0 Å². The van der Waals surface area contributed by atoms with Gasteiger partial charge in [0.25, 0.3) is 0 Å². The van der Waals surface area contributed by atoms with Crippen LogP contribution < -0.4 is 10.6 Å². The van der Waals surface area contributed by atoms with Crippen LogP contribution in [0.2, 0.25) is 0 Å². The van der Waals surface area contributed by atoms with Crippen LogP contribution in [-0.4, -0.2) is 22.6 Å². The average molecular weight is 290 g/mol. The standard InChI is InChI=1S/C17H30N4/c1-6-15-20-16(18-7-2)13(5)17(21-15)19-14-10-8-9-11(3)12(14)4/h11-12,14H,6-10H2,1-5H3,(H2,18,19,20,21). The van der Waals surface area contributed by atoms with E-state index < -0.39 is 0 Å². The summed E-state index contributed by atoms with van der Waals surface area (Å²) in [5.74, 6) is 4.39. The molecule has 118 valence electrons. The summed E-state index contributed by atoms with van der Waals surface area (Å²) in [6.45, 7) is 11.9. The number of aromatic nitrogens is 2. The maximum Gasteiger partial charge on any atom is 0.135 e. The molecule has 3 atom stereocenters. The van der Waals surface area contributed by atoms with Gasteiger partial charge in [0, 0.05) is 24.6 Å². The quantitative estimate of drug-likeness (QED) is 0.860. The number of aryl methyl sites for hydroxylation is 1. The van der Waals surface area contributed by atoms with Gasteiger partial charge in [-0.25, -0.2) is 9.97 Å². The van der Waals surface area contributed by atoms with Crippen molar-refractivity contribution in [3.05, 3.63) is 11.4 Å². The molecule has 1 aliphatic rings. The Morgan fingerprint density at radius 3 is 2.48 bits per heavy atom. The largest absolute Gasteiger partial charge is 0.370 e. The van der Waals surface area contributed by atoms with Crippen molar-refractivity contribution in [2.24, 2.45) is 11.8 Å². The van der Waals surface area contributed by atoms with Crippen molar-refractivity contribution in [1.82, 2.24) is 9.97 Å². The third-order valence-corrected chi connectivity index (χ3v) is 4.88. The van der Waals surface area contributed by atoms with Crippen molar-refractivity contribution in [2.45, 2.75) is 66.3 Å². The molecule has 0 amide bonds. The zero-order valence-corrected chi connectivity index (χ0v) is 14.2. The Morgan fingerprint density at radius 1 is 1.10 bits per heavy atom. The van der Waals surface area contributed by atoms with Crippen molar-refractivity contribution in [1.29, 1.82) is 0 Å². The molecule has 0 saturated heterocycles. The second-order valence-corrected chi connectivity index (χ2v) is 6.36. The lowest BCUT2D eigenvalue weighted by molar-refractivity contribution is 0.253. The average Bonchev–Trinajstić information content (AvgIpc) is 2.48. The number of hydrogen-bond donors (Lipinski definition) is 2. The minimum absolute atomic E-state index is 0.529. The summed E-state index contributed by atoms with van der Waals surface area (Å²) in [5, 5.41) is 7.07. The Labute approximate surface area is 129 Å². The topological polar surface area (TPSA) is 49.8 Å². The van der Waals surface area contributed by atoms with E-state index in [4.69, 9.17) is 4.98 Å². The highest BCUT2D eigenvalue weighted by molar-refractivity contribution is 5.57. The van der Waals surface area contributed by atoms with Crippen molar-refractivity contribution in [2.75, 3.05) is 17.2 Å². The third kappa shape index (κ3) is 3.66. The smallest absolute Gasteiger partial charge is 0.135 e. The molecular formula is C17H30N4. The molecule has 0 aliphatic heterocycles. The van der Waals surface area contributed by atoms with Gasteiger partial charge in [-0.05, 0) is 32.1 Å². The van der Waals surface area contributed by atoms with E-state index in [0.717, 1.165) is 41.9 Å². The third-order valence-electron chi connectivity index (χ3n) is 4.88. The van der Waals surface area contributed by atoms with Crippen LogP contribution in [0.25, 0.3) is 0 Å². The molecule has 0 bridgehead atoms. The van der Waals surface area contributed by atoms with Gasteiger partial charge in [0.1, 0.15) is 17.5 Å². The molecule has 1 saturated carbocycles. The summed E-state index contributed by atoms with van der Waals surface area (Å²) in [7, 11) is 0. The second-order valence-electron chi connectivity index (χ2n) is 6.36. The first kappa shape index (κ1) is 16.1. The van der Waals surface area contributed by atoms with Crippen molar-refractivity contribution in [3.8, 4) is 0 Å².